The first-order valence-electron chi connectivity index (χ1n) is 8.45. The maximum absolute atomic E-state index is 12.7. The average Bonchev–Trinajstić information content (AvgIpc) is 2.67. The third kappa shape index (κ3) is 4.27. The summed E-state index contributed by atoms with van der Waals surface area (Å²) in [5, 5.41) is 11.1. The fourth-order valence-electron chi connectivity index (χ4n) is 3.17. The summed E-state index contributed by atoms with van der Waals surface area (Å²) < 4.78 is 38.5. The summed E-state index contributed by atoms with van der Waals surface area (Å²) in [5.41, 5.74) is -0.252. The van der Waals surface area contributed by atoms with Crippen LogP contribution in [0.3, 0.4) is 0 Å². The number of hydrogen-bond donors (Lipinski definition) is 0. The maximum Gasteiger partial charge on any atom is 0.416 e. The Bertz CT molecular complexity index is 833. The molecule has 5 nitrogen and oxygen atoms in total. The second-order valence-corrected chi connectivity index (χ2v) is 6.48. The lowest BCUT2D eigenvalue weighted by atomic mass is 9.89. The van der Waals surface area contributed by atoms with Gasteiger partial charge in [0.05, 0.1) is 11.1 Å². The number of nitrogens with zero attached hydrogens (tertiary/aromatic N) is 2. The number of hydrogen-bond acceptors (Lipinski definition) is 3. The molecule has 0 N–H and O–H groups in total. The molecule has 8 heteroatoms. The van der Waals surface area contributed by atoms with E-state index in [1.807, 2.05) is 0 Å². The van der Waals surface area contributed by atoms with Crippen LogP contribution in [0.2, 0.25) is 0 Å². The molecule has 1 aliphatic heterocycles. The number of aromatic nitrogens is 1. The van der Waals surface area contributed by atoms with Gasteiger partial charge in [0.1, 0.15) is 0 Å². The number of likely N-dealkylation sites (tertiary alicyclic amines) is 1. The molecule has 1 aromatic carbocycles. The number of piperidine rings is 1. The minimum absolute atomic E-state index is 0.199. The number of ketones is 1. The molecule has 142 valence electrons. The average molecular weight is 378 g/mol. The van der Waals surface area contributed by atoms with Crippen molar-refractivity contribution in [3.63, 3.8) is 0 Å². The predicted molar refractivity (Wildman–Crippen MR) is 89.8 cm³/mol. The number of pyridine rings is 1. The zero-order chi connectivity index (χ0) is 19.6. The van der Waals surface area contributed by atoms with Crippen LogP contribution in [-0.2, 0) is 6.18 Å². The highest BCUT2D eigenvalue weighted by atomic mass is 19.4. The van der Waals surface area contributed by atoms with Crippen LogP contribution >= 0.6 is 0 Å². The van der Waals surface area contributed by atoms with Gasteiger partial charge >= 0.3 is 6.18 Å². The van der Waals surface area contributed by atoms with Crippen molar-refractivity contribution in [2.75, 3.05) is 13.1 Å². The van der Waals surface area contributed by atoms with Gasteiger partial charge in [-0.15, -0.1) is 0 Å². The smallest absolute Gasteiger partial charge is 0.416 e. The lowest BCUT2D eigenvalue weighted by Gasteiger charge is -2.32. The lowest BCUT2D eigenvalue weighted by molar-refractivity contribution is -0.605. The van der Waals surface area contributed by atoms with Crippen molar-refractivity contribution in [3.8, 4) is 0 Å². The van der Waals surface area contributed by atoms with E-state index in [0.717, 1.165) is 12.1 Å². The molecule has 1 saturated heterocycles. The summed E-state index contributed by atoms with van der Waals surface area (Å²) in [6.07, 6.45) is -0.812. The van der Waals surface area contributed by atoms with E-state index in [2.05, 4.69) is 0 Å². The SMILES string of the molecule is O=C(c1ccc(C(F)(F)F)cc1)C1CCCN(C(=O)c2cc[n+]([O-])cc2)C1. The van der Waals surface area contributed by atoms with E-state index in [1.165, 1.54) is 36.7 Å². The van der Waals surface area contributed by atoms with Crippen molar-refractivity contribution in [3.05, 3.63) is 70.7 Å². The number of carbonyl (C=O) groups is 2. The van der Waals surface area contributed by atoms with E-state index in [-0.39, 0.29) is 23.8 Å². The number of rotatable bonds is 3. The standard InChI is InChI=1S/C19H17F3N2O3/c20-19(21,22)16-5-3-13(4-6-16)17(25)15-2-1-9-23(12-15)18(26)14-7-10-24(27)11-8-14/h3-8,10-11,15H,1-2,9,12H2. The van der Waals surface area contributed by atoms with Crippen LogP contribution < -0.4 is 4.73 Å². The molecule has 3 rings (SSSR count). The Morgan fingerprint density at radius 2 is 1.67 bits per heavy atom. The van der Waals surface area contributed by atoms with Crippen molar-refractivity contribution in [2.24, 2.45) is 5.92 Å². The number of benzene rings is 1. The molecule has 1 aromatic heterocycles. The molecule has 2 heterocycles. The highest BCUT2D eigenvalue weighted by Gasteiger charge is 2.32. The molecule has 1 unspecified atom stereocenters. The molecule has 1 aliphatic rings. The summed E-state index contributed by atoms with van der Waals surface area (Å²) in [7, 11) is 0. The van der Waals surface area contributed by atoms with Gasteiger partial charge in [-0.3, -0.25) is 9.59 Å². The quantitative estimate of drug-likeness (QED) is 0.468. The molecular formula is C19H17F3N2O3. The van der Waals surface area contributed by atoms with Crippen LogP contribution in [0.15, 0.2) is 48.8 Å². The zero-order valence-electron chi connectivity index (χ0n) is 14.3. The highest BCUT2D eigenvalue weighted by molar-refractivity contribution is 5.99. The van der Waals surface area contributed by atoms with Crippen LogP contribution in [0, 0.1) is 11.1 Å². The zero-order valence-corrected chi connectivity index (χ0v) is 14.3. The Labute approximate surface area is 153 Å². The number of carbonyl (C=O) groups excluding carboxylic acids is 2. The van der Waals surface area contributed by atoms with Crippen LogP contribution in [0.4, 0.5) is 13.2 Å². The van der Waals surface area contributed by atoms with Gasteiger partial charge in [-0.05, 0) is 25.0 Å². The van der Waals surface area contributed by atoms with Crippen LogP contribution in [0.5, 0.6) is 0 Å². The lowest BCUT2D eigenvalue weighted by Crippen LogP contribution is -2.42. The van der Waals surface area contributed by atoms with E-state index in [9.17, 15) is 28.0 Å². The van der Waals surface area contributed by atoms with E-state index in [4.69, 9.17) is 0 Å². The summed E-state index contributed by atoms with van der Waals surface area (Å²) >= 11 is 0. The first-order valence-corrected chi connectivity index (χ1v) is 8.45. The van der Waals surface area contributed by atoms with Crippen LogP contribution in [0.1, 0.15) is 39.1 Å². The summed E-state index contributed by atoms with van der Waals surface area (Å²) in [6, 6.07) is 6.96. The third-order valence-corrected chi connectivity index (χ3v) is 4.63. The fraction of sp³-hybridized carbons (Fsp3) is 0.316. The minimum Gasteiger partial charge on any atom is -0.619 e. The first-order chi connectivity index (χ1) is 12.8. The summed E-state index contributed by atoms with van der Waals surface area (Å²) in [6.45, 7) is 0.687. The monoisotopic (exact) mass is 378 g/mol. The van der Waals surface area contributed by atoms with Gasteiger partial charge in [0.2, 0.25) is 0 Å². The second kappa shape index (κ2) is 7.38. The molecular weight excluding hydrogens is 361 g/mol. The molecule has 0 spiro atoms. The Morgan fingerprint density at radius 3 is 2.26 bits per heavy atom. The Kier molecular flexibility index (Phi) is 5.16. The van der Waals surface area contributed by atoms with Gasteiger partial charge in [-0.25, -0.2) is 0 Å². The molecule has 0 radical (unpaired) electrons. The van der Waals surface area contributed by atoms with Gasteiger partial charge in [0, 0.05) is 36.7 Å². The molecule has 1 amide bonds. The van der Waals surface area contributed by atoms with Crippen molar-refractivity contribution in [1.82, 2.24) is 4.90 Å². The Balaban J connectivity index is 1.71. The van der Waals surface area contributed by atoms with E-state index < -0.39 is 17.7 Å². The molecule has 0 saturated carbocycles. The molecule has 1 fully saturated rings. The van der Waals surface area contributed by atoms with Crippen molar-refractivity contribution in [2.45, 2.75) is 19.0 Å². The Hall–Kier alpha value is -2.90. The maximum atomic E-state index is 12.7. The van der Waals surface area contributed by atoms with Crippen LogP contribution in [-0.4, -0.2) is 29.7 Å². The fourth-order valence-corrected chi connectivity index (χ4v) is 3.17. The molecule has 0 bridgehead atoms. The van der Waals surface area contributed by atoms with Gasteiger partial charge in [-0.2, -0.15) is 17.9 Å². The topological polar surface area (TPSA) is 64.3 Å². The normalized spacial score (nSPS) is 17.6. The van der Waals surface area contributed by atoms with E-state index >= 15 is 0 Å². The highest BCUT2D eigenvalue weighted by Crippen LogP contribution is 2.30. The number of amides is 1. The number of Topliss-reactive ketones (excluding diaryl/α,β-unsaturated/α-hetero) is 1. The van der Waals surface area contributed by atoms with E-state index in [1.54, 1.807) is 4.90 Å². The summed E-state index contributed by atoms with van der Waals surface area (Å²) in [5.74, 6) is -1.01. The summed E-state index contributed by atoms with van der Waals surface area (Å²) in [4.78, 5) is 26.7. The van der Waals surface area contributed by atoms with Gasteiger partial charge in [0.15, 0.2) is 18.2 Å². The molecule has 1 atom stereocenters. The van der Waals surface area contributed by atoms with Crippen molar-refractivity contribution in [1.29, 1.82) is 0 Å². The van der Waals surface area contributed by atoms with Gasteiger partial charge in [0.25, 0.3) is 5.91 Å². The first kappa shape index (κ1) is 18.9. The third-order valence-electron chi connectivity index (χ3n) is 4.63. The number of alkyl halides is 3. The second-order valence-electron chi connectivity index (χ2n) is 6.48. The number of halogens is 3. The van der Waals surface area contributed by atoms with E-state index in [0.29, 0.717) is 29.7 Å². The minimum atomic E-state index is -4.45. The predicted octanol–water partition coefficient (Wildman–Crippen LogP) is 3.07. The molecule has 2 aromatic rings. The van der Waals surface area contributed by atoms with Crippen LogP contribution in [0.25, 0.3) is 0 Å². The molecule has 27 heavy (non-hydrogen) atoms. The van der Waals surface area contributed by atoms with Gasteiger partial charge < -0.3 is 10.1 Å². The Morgan fingerprint density at radius 1 is 1.04 bits per heavy atom. The van der Waals surface area contributed by atoms with Gasteiger partial charge in [-0.1, -0.05) is 12.1 Å². The van der Waals surface area contributed by atoms with Crippen molar-refractivity contribution < 1.29 is 27.5 Å². The molecule has 0 aliphatic carbocycles. The largest absolute Gasteiger partial charge is 0.619 e. The van der Waals surface area contributed by atoms with Crippen molar-refractivity contribution >= 4 is 11.7 Å².